The van der Waals surface area contributed by atoms with E-state index in [-0.39, 0.29) is 11.4 Å². The van der Waals surface area contributed by atoms with E-state index in [0.717, 1.165) is 12.2 Å². The zero-order valence-corrected chi connectivity index (χ0v) is 9.06. The number of ether oxygens (including phenoxy) is 1. The summed E-state index contributed by atoms with van der Waals surface area (Å²) in [5.74, 6) is 0.231. The van der Waals surface area contributed by atoms with Crippen LogP contribution in [0.15, 0.2) is 12.2 Å². The summed E-state index contributed by atoms with van der Waals surface area (Å²) in [7, 11) is 0. The van der Waals surface area contributed by atoms with Gasteiger partial charge in [-0.2, -0.15) is 11.8 Å². The Morgan fingerprint density at radius 3 is 2.79 bits per heavy atom. The van der Waals surface area contributed by atoms with E-state index in [4.69, 9.17) is 4.74 Å². The summed E-state index contributed by atoms with van der Waals surface area (Å²) in [6.45, 7) is 5.08. The minimum Gasteiger partial charge on any atom is -0.461 e. The Balaban J connectivity index is 2.26. The molecule has 1 aliphatic heterocycles. The van der Waals surface area contributed by atoms with Gasteiger partial charge in [0.25, 0.3) is 0 Å². The molecule has 1 unspecified atom stereocenters. The van der Waals surface area contributed by atoms with Crippen molar-refractivity contribution in [3.8, 4) is 0 Å². The van der Waals surface area contributed by atoms with Crippen molar-refractivity contribution < 1.29 is 14.3 Å². The van der Waals surface area contributed by atoms with Crippen LogP contribution in [0.1, 0.15) is 19.8 Å². The Labute approximate surface area is 87.9 Å². The topological polar surface area (TPSA) is 43.4 Å². The third-order valence-electron chi connectivity index (χ3n) is 2.10. The number of hydrogen-bond donors (Lipinski definition) is 0. The molecule has 0 radical (unpaired) electrons. The van der Waals surface area contributed by atoms with Crippen molar-refractivity contribution in [2.24, 2.45) is 0 Å². The lowest BCUT2D eigenvalue weighted by Gasteiger charge is -2.09. The molecule has 0 N–H and O–H groups in total. The largest absolute Gasteiger partial charge is 0.461 e. The summed E-state index contributed by atoms with van der Waals surface area (Å²) in [5, 5.41) is 0.402. The monoisotopic (exact) mass is 214 g/mol. The highest BCUT2D eigenvalue weighted by atomic mass is 32.2. The first-order chi connectivity index (χ1) is 6.61. The van der Waals surface area contributed by atoms with E-state index in [9.17, 15) is 9.59 Å². The van der Waals surface area contributed by atoms with E-state index in [1.165, 1.54) is 13.3 Å². The van der Waals surface area contributed by atoms with Crippen molar-refractivity contribution in [2.45, 2.75) is 25.0 Å². The summed E-state index contributed by atoms with van der Waals surface area (Å²) in [6, 6.07) is 0. The first-order valence-corrected chi connectivity index (χ1v) is 5.64. The number of ketones is 1. The van der Waals surface area contributed by atoms with Crippen LogP contribution in [-0.2, 0) is 14.3 Å². The van der Waals surface area contributed by atoms with Crippen molar-refractivity contribution in [3.63, 3.8) is 0 Å². The maximum Gasteiger partial charge on any atom is 0.341 e. The Morgan fingerprint density at radius 1 is 1.57 bits per heavy atom. The first kappa shape index (κ1) is 11.3. The summed E-state index contributed by atoms with van der Waals surface area (Å²) in [6.07, 6.45) is 2.27. The van der Waals surface area contributed by atoms with Crippen molar-refractivity contribution >= 4 is 23.5 Å². The van der Waals surface area contributed by atoms with Crippen LogP contribution in [0.3, 0.4) is 0 Å². The Morgan fingerprint density at radius 2 is 2.29 bits per heavy atom. The van der Waals surface area contributed by atoms with Gasteiger partial charge < -0.3 is 4.74 Å². The van der Waals surface area contributed by atoms with E-state index in [1.54, 1.807) is 0 Å². The second kappa shape index (κ2) is 5.20. The minimum absolute atomic E-state index is 0.0620. The van der Waals surface area contributed by atoms with Gasteiger partial charge in [-0.15, -0.1) is 0 Å². The van der Waals surface area contributed by atoms with E-state index in [0.29, 0.717) is 11.9 Å². The zero-order chi connectivity index (χ0) is 10.6. The second-order valence-electron chi connectivity index (χ2n) is 3.27. The van der Waals surface area contributed by atoms with Crippen molar-refractivity contribution in [3.05, 3.63) is 12.2 Å². The Bertz CT molecular complexity index is 254. The van der Waals surface area contributed by atoms with Gasteiger partial charge in [0.1, 0.15) is 6.61 Å². The average molecular weight is 214 g/mol. The van der Waals surface area contributed by atoms with Crippen LogP contribution in [0.25, 0.3) is 0 Å². The van der Waals surface area contributed by atoms with Gasteiger partial charge in [0, 0.05) is 5.25 Å². The predicted molar refractivity (Wildman–Crippen MR) is 56.3 cm³/mol. The molecule has 78 valence electrons. The van der Waals surface area contributed by atoms with Crippen LogP contribution in [0.4, 0.5) is 0 Å². The Hall–Kier alpha value is -0.770. The second-order valence-corrected chi connectivity index (χ2v) is 4.68. The van der Waals surface area contributed by atoms with Crippen LogP contribution >= 0.6 is 11.8 Å². The molecule has 4 heteroatoms. The Kier molecular flexibility index (Phi) is 4.20. The molecule has 1 heterocycles. The number of rotatable bonds is 4. The molecule has 3 nitrogen and oxygen atoms in total. The molecule has 1 rings (SSSR count). The normalized spacial score (nSPS) is 20.5. The first-order valence-electron chi connectivity index (χ1n) is 4.60. The summed E-state index contributed by atoms with van der Waals surface area (Å²) >= 11 is 1.81. The molecule has 0 saturated carbocycles. The molecule has 1 saturated heterocycles. The number of carbonyl (C=O) groups excluding carboxylic acids is 2. The highest BCUT2D eigenvalue weighted by Gasteiger charge is 2.19. The molecule has 1 fully saturated rings. The third-order valence-corrected chi connectivity index (χ3v) is 3.46. The standard InChI is InChI=1S/C10H14O3S/c1-7(8(2)11)10(12)13-6-9-4-3-5-14-9/h9H,1,3-6H2,2H3. The van der Waals surface area contributed by atoms with Crippen LogP contribution in [-0.4, -0.2) is 29.4 Å². The lowest BCUT2D eigenvalue weighted by atomic mass is 10.2. The molecule has 14 heavy (non-hydrogen) atoms. The molecule has 1 aliphatic rings. The fourth-order valence-electron chi connectivity index (χ4n) is 1.18. The highest BCUT2D eigenvalue weighted by Crippen LogP contribution is 2.26. The van der Waals surface area contributed by atoms with Crippen molar-refractivity contribution in [2.75, 3.05) is 12.4 Å². The van der Waals surface area contributed by atoms with Crippen LogP contribution < -0.4 is 0 Å². The molecule has 0 bridgehead atoms. The number of Topliss-reactive ketones (excluding diaryl/α,β-unsaturated/α-hetero) is 1. The van der Waals surface area contributed by atoms with Crippen LogP contribution in [0, 0.1) is 0 Å². The molecule has 0 aromatic heterocycles. The van der Waals surface area contributed by atoms with Crippen molar-refractivity contribution in [1.82, 2.24) is 0 Å². The number of thioether (sulfide) groups is 1. The molecular formula is C10H14O3S. The molecule has 0 aromatic carbocycles. The van der Waals surface area contributed by atoms with Gasteiger partial charge in [-0.3, -0.25) is 4.79 Å². The van der Waals surface area contributed by atoms with Gasteiger partial charge in [0.15, 0.2) is 5.78 Å². The third kappa shape index (κ3) is 3.18. The van der Waals surface area contributed by atoms with Gasteiger partial charge in [-0.05, 0) is 25.5 Å². The van der Waals surface area contributed by atoms with E-state index in [1.807, 2.05) is 11.8 Å². The van der Waals surface area contributed by atoms with E-state index >= 15 is 0 Å². The summed E-state index contributed by atoms with van der Waals surface area (Å²) in [5.41, 5.74) is -0.0620. The summed E-state index contributed by atoms with van der Waals surface area (Å²) in [4.78, 5) is 22.0. The highest BCUT2D eigenvalue weighted by molar-refractivity contribution is 8.00. The van der Waals surface area contributed by atoms with E-state index < -0.39 is 5.97 Å². The average Bonchev–Trinajstić information content (AvgIpc) is 2.65. The minimum atomic E-state index is -0.579. The van der Waals surface area contributed by atoms with Gasteiger partial charge in [-0.25, -0.2) is 4.79 Å². The van der Waals surface area contributed by atoms with Crippen LogP contribution in [0.5, 0.6) is 0 Å². The predicted octanol–water partition coefficient (Wildman–Crippen LogP) is 1.57. The van der Waals surface area contributed by atoms with Gasteiger partial charge in [0.05, 0.1) is 5.57 Å². The maximum atomic E-state index is 11.2. The molecule has 0 aromatic rings. The van der Waals surface area contributed by atoms with Gasteiger partial charge in [0.2, 0.25) is 0 Å². The van der Waals surface area contributed by atoms with Gasteiger partial charge in [-0.1, -0.05) is 6.58 Å². The molecule has 1 atom stereocenters. The maximum absolute atomic E-state index is 11.2. The molecular weight excluding hydrogens is 200 g/mol. The smallest absolute Gasteiger partial charge is 0.341 e. The SMILES string of the molecule is C=C(C(C)=O)C(=O)OCC1CCCS1. The van der Waals surface area contributed by atoms with Crippen LogP contribution in [0.2, 0.25) is 0 Å². The molecule has 0 spiro atoms. The lowest BCUT2D eigenvalue weighted by molar-refractivity contribution is -0.140. The molecule has 0 aliphatic carbocycles. The van der Waals surface area contributed by atoms with Crippen molar-refractivity contribution in [1.29, 1.82) is 0 Å². The fraction of sp³-hybridized carbons (Fsp3) is 0.600. The zero-order valence-electron chi connectivity index (χ0n) is 8.25. The van der Waals surface area contributed by atoms with E-state index in [2.05, 4.69) is 6.58 Å². The number of hydrogen-bond acceptors (Lipinski definition) is 4. The number of carbonyl (C=O) groups is 2. The van der Waals surface area contributed by atoms with Gasteiger partial charge >= 0.3 is 5.97 Å². The summed E-state index contributed by atoms with van der Waals surface area (Å²) < 4.78 is 4.97. The lowest BCUT2D eigenvalue weighted by Crippen LogP contribution is -2.17. The molecule has 0 amide bonds. The number of esters is 1. The quantitative estimate of drug-likeness (QED) is 0.308. The fourth-order valence-corrected chi connectivity index (χ4v) is 2.34.